The summed E-state index contributed by atoms with van der Waals surface area (Å²) in [6, 6.07) is 6.16. The van der Waals surface area contributed by atoms with Gasteiger partial charge in [0, 0.05) is 12.7 Å². The van der Waals surface area contributed by atoms with E-state index in [1.165, 1.54) is 25.3 Å². The first-order valence-electron chi connectivity index (χ1n) is 7.64. The Hall–Kier alpha value is -2.14. The smallest absolute Gasteiger partial charge is 0.375 e. The summed E-state index contributed by atoms with van der Waals surface area (Å²) in [5.74, 6) is -2.08. The van der Waals surface area contributed by atoms with Crippen LogP contribution in [-0.2, 0) is 27.1 Å². The van der Waals surface area contributed by atoms with Gasteiger partial charge in [-0.1, -0.05) is 52.6 Å². The van der Waals surface area contributed by atoms with Crippen LogP contribution >= 0.6 is 23.2 Å². The fraction of sp³-hybridized carbons (Fsp3) is 0.312. The zero-order chi connectivity index (χ0) is 20.7. The summed E-state index contributed by atoms with van der Waals surface area (Å²) >= 11 is 11.0. The van der Waals surface area contributed by atoms with Gasteiger partial charge >= 0.3 is 12.1 Å². The molecule has 0 atom stereocenters. The van der Waals surface area contributed by atoms with Gasteiger partial charge in [-0.15, -0.1) is 0 Å². The number of nitrogens with zero attached hydrogens (tertiary/aromatic N) is 3. The van der Waals surface area contributed by atoms with E-state index in [1.54, 1.807) is 12.1 Å². The van der Waals surface area contributed by atoms with Gasteiger partial charge in [0.15, 0.2) is 0 Å². The van der Waals surface area contributed by atoms with Gasteiger partial charge in [0.25, 0.3) is 5.91 Å². The van der Waals surface area contributed by atoms with Gasteiger partial charge in [-0.2, -0.15) is 18.2 Å². The number of alkyl halides is 3. The molecule has 1 amide bonds. The molecular formula is C16H14Cl2F3N3O4. The van der Waals surface area contributed by atoms with E-state index < -0.39 is 18.0 Å². The Morgan fingerprint density at radius 1 is 1.29 bits per heavy atom. The molecule has 0 unspecified atom stereocenters. The van der Waals surface area contributed by atoms with E-state index in [2.05, 4.69) is 14.7 Å². The summed E-state index contributed by atoms with van der Waals surface area (Å²) in [5.41, 5.74) is 0.948. The van der Waals surface area contributed by atoms with Crippen molar-refractivity contribution in [2.45, 2.75) is 12.7 Å². The van der Waals surface area contributed by atoms with E-state index in [9.17, 15) is 18.0 Å². The zero-order valence-electron chi connectivity index (χ0n) is 14.4. The summed E-state index contributed by atoms with van der Waals surface area (Å²) in [6.45, 7) is -0.200. The van der Waals surface area contributed by atoms with Crippen molar-refractivity contribution in [3.05, 3.63) is 46.3 Å². The second-order valence-corrected chi connectivity index (χ2v) is 6.28. The van der Waals surface area contributed by atoms with E-state index in [-0.39, 0.29) is 30.1 Å². The van der Waals surface area contributed by atoms with E-state index in [0.29, 0.717) is 11.1 Å². The van der Waals surface area contributed by atoms with Crippen LogP contribution in [0.15, 0.2) is 39.4 Å². The van der Waals surface area contributed by atoms with Crippen molar-refractivity contribution in [3.63, 3.8) is 0 Å². The molecule has 1 aromatic heterocycles. The molecule has 1 heterocycles. The van der Waals surface area contributed by atoms with Gasteiger partial charge in [0.05, 0.1) is 13.2 Å². The van der Waals surface area contributed by atoms with Crippen LogP contribution in [0.1, 0.15) is 11.5 Å². The number of hydrogen-bond acceptors (Lipinski definition) is 6. The molecule has 0 bridgehead atoms. The quantitative estimate of drug-likeness (QED) is 0.578. The van der Waals surface area contributed by atoms with Gasteiger partial charge in [0.1, 0.15) is 11.1 Å². The number of methoxy groups -OCH3 is 1. The van der Waals surface area contributed by atoms with Crippen LogP contribution in [0.25, 0.3) is 11.4 Å². The normalized spacial score (nSPS) is 11.4. The number of ether oxygens (including phenoxy) is 1. The molecule has 28 heavy (non-hydrogen) atoms. The van der Waals surface area contributed by atoms with Crippen molar-refractivity contribution in [1.82, 2.24) is 15.2 Å². The maximum atomic E-state index is 12.5. The topological polar surface area (TPSA) is 77.7 Å². The van der Waals surface area contributed by atoms with Crippen LogP contribution in [0.2, 0.25) is 0 Å². The van der Waals surface area contributed by atoms with Crippen molar-refractivity contribution in [2.24, 2.45) is 0 Å². The lowest BCUT2D eigenvalue weighted by Crippen LogP contribution is -2.33. The van der Waals surface area contributed by atoms with E-state index in [1.807, 2.05) is 0 Å². The number of carbonyl (C=O) groups is 1. The highest BCUT2D eigenvalue weighted by atomic mass is 35.5. The Balaban J connectivity index is 2.10. The van der Waals surface area contributed by atoms with Crippen molar-refractivity contribution < 1.29 is 32.1 Å². The zero-order valence-corrected chi connectivity index (χ0v) is 15.9. The Morgan fingerprint density at radius 2 is 1.96 bits per heavy atom. The van der Waals surface area contributed by atoms with E-state index in [0.717, 1.165) is 5.06 Å². The number of amides is 1. The maximum Gasteiger partial charge on any atom is 0.471 e. The standard InChI is InChI=1S/C16H14Cl2F3N3O4/c1-26-9-13(25)24(27-7-6-12(17)18)8-10-2-4-11(5-3-10)14-22-15(28-23-14)16(19,20)21/h2-6H,7-9H2,1H3. The third-order valence-corrected chi connectivity index (χ3v) is 3.53. The van der Waals surface area contributed by atoms with Crippen LogP contribution in [0.4, 0.5) is 13.2 Å². The Bertz CT molecular complexity index is 821. The minimum absolute atomic E-state index is 0.0122. The lowest BCUT2D eigenvalue weighted by molar-refractivity contribution is -0.189. The summed E-state index contributed by atoms with van der Waals surface area (Å²) in [4.78, 5) is 20.7. The first-order valence-corrected chi connectivity index (χ1v) is 8.40. The van der Waals surface area contributed by atoms with Crippen LogP contribution in [-0.4, -0.2) is 41.4 Å². The van der Waals surface area contributed by atoms with Crippen molar-refractivity contribution in [2.75, 3.05) is 20.3 Å². The Kier molecular flexibility index (Phi) is 7.81. The van der Waals surface area contributed by atoms with E-state index >= 15 is 0 Å². The molecule has 0 spiro atoms. The predicted molar refractivity (Wildman–Crippen MR) is 92.9 cm³/mol. The number of halogens is 5. The van der Waals surface area contributed by atoms with Crippen molar-refractivity contribution in [1.29, 1.82) is 0 Å². The largest absolute Gasteiger partial charge is 0.471 e. The first kappa shape index (κ1) is 22.2. The fourth-order valence-electron chi connectivity index (χ4n) is 1.97. The molecule has 7 nitrogen and oxygen atoms in total. The number of benzene rings is 1. The molecule has 2 rings (SSSR count). The second-order valence-electron chi connectivity index (χ2n) is 5.27. The second kappa shape index (κ2) is 9.87. The molecule has 2 aromatic rings. The molecule has 0 N–H and O–H groups in total. The SMILES string of the molecule is COCC(=O)N(Cc1ccc(-c2noc(C(F)(F)F)n2)cc1)OCC=C(Cl)Cl. The summed E-state index contributed by atoms with van der Waals surface area (Å²) in [7, 11) is 1.36. The Morgan fingerprint density at radius 3 is 2.50 bits per heavy atom. The van der Waals surface area contributed by atoms with Crippen LogP contribution < -0.4 is 0 Å². The molecule has 0 saturated heterocycles. The average molecular weight is 440 g/mol. The average Bonchev–Trinajstić information content (AvgIpc) is 3.12. The van der Waals surface area contributed by atoms with Crippen LogP contribution in [0.5, 0.6) is 0 Å². The fourth-order valence-corrected chi connectivity index (χ4v) is 2.10. The number of hydrogen-bond donors (Lipinski definition) is 0. The molecular weight excluding hydrogens is 426 g/mol. The predicted octanol–water partition coefficient (Wildman–Crippen LogP) is 3.98. The third kappa shape index (κ3) is 6.48. The summed E-state index contributed by atoms with van der Waals surface area (Å²) < 4.78 is 46.6. The van der Waals surface area contributed by atoms with Crippen molar-refractivity contribution >= 4 is 29.1 Å². The van der Waals surface area contributed by atoms with Gasteiger partial charge in [0.2, 0.25) is 5.82 Å². The van der Waals surface area contributed by atoms with Crippen LogP contribution in [0.3, 0.4) is 0 Å². The molecule has 0 fully saturated rings. The van der Waals surface area contributed by atoms with Crippen LogP contribution in [0, 0.1) is 0 Å². The van der Waals surface area contributed by atoms with Gasteiger partial charge in [-0.05, 0) is 11.6 Å². The molecule has 152 valence electrons. The number of rotatable bonds is 8. The lowest BCUT2D eigenvalue weighted by Gasteiger charge is -2.21. The maximum absolute atomic E-state index is 12.5. The Labute approximate surface area is 167 Å². The van der Waals surface area contributed by atoms with Gasteiger partial charge < -0.3 is 9.26 Å². The molecule has 0 aliphatic carbocycles. The van der Waals surface area contributed by atoms with Crippen molar-refractivity contribution in [3.8, 4) is 11.4 Å². The number of carbonyl (C=O) groups excluding carboxylic acids is 1. The third-order valence-electron chi connectivity index (χ3n) is 3.22. The molecule has 0 radical (unpaired) electrons. The molecule has 0 aliphatic rings. The van der Waals surface area contributed by atoms with E-state index in [4.69, 9.17) is 32.8 Å². The number of hydroxylamine groups is 2. The monoisotopic (exact) mass is 439 g/mol. The highest BCUT2D eigenvalue weighted by Gasteiger charge is 2.38. The summed E-state index contributed by atoms with van der Waals surface area (Å²) in [5, 5.41) is 4.37. The highest BCUT2D eigenvalue weighted by molar-refractivity contribution is 6.55. The molecule has 0 aliphatic heterocycles. The molecule has 0 saturated carbocycles. The minimum Gasteiger partial charge on any atom is -0.375 e. The highest BCUT2D eigenvalue weighted by Crippen LogP contribution is 2.29. The molecule has 12 heteroatoms. The first-order chi connectivity index (χ1) is 13.2. The number of aromatic nitrogens is 2. The minimum atomic E-state index is -4.72. The lowest BCUT2D eigenvalue weighted by atomic mass is 10.1. The molecule has 1 aromatic carbocycles. The summed E-state index contributed by atoms with van der Waals surface area (Å²) in [6.07, 6.45) is -3.36. The van der Waals surface area contributed by atoms with Gasteiger partial charge in [-0.25, -0.2) is 5.06 Å². The van der Waals surface area contributed by atoms with Gasteiger partial charge in [-0.3, -0.25) is 9.63 Å².